The molecule has 1 N–H and O–H groups in total. The van der Waals surface area contributed by atoms with E-state index in [2.05, 4.69) is 0 Å². The van der Waals surface area contributed by atoms with Gasteiger partial charge in [0.25, 0.3) is 0 Å². The number of methoxy groups -OCH3 is 1. The van der Waals surface area contributed by atoms with E-state index in [9.17, 15) is 24.3 Å². The first-order valence-electron chi connectivity index (χ1n) is 16.4. The maximum Gasteiger partial charge on any atom is 0.308 e. The van der Waals surface area contributed by atoms with E-state index < -0.39 is 0 Å². The maximum absolute atomic E-state index is 12.9. The zero-order valence-corrected chi connectivity index (χ0v) is 25.1. The number of hydrogen-bond donors (Lipinski definition) is 1. The Morgan fingerprint density at radius 2 is 0.878 bits per heavy atom. The van der Waals surface area contributed by atoms with Gasteiger partial charge in [-0.25, -0.2) is 0 Å². The Balaban J connectivity index is 1.05. The highest BCUT2D eigenvalue weighted by atomic mass is 16.5. The lowest BCUT2D eigenvalue weighted by molar-refractivity contribution is -0.155. The summed E-state index contributed by atoms with van der Waals surface area (Å²) in [6.07, 6.45) is 14.5. The Morgan fingerprint density at radius 3 is 1.29 bits per heavy atom. The predicted octanol–water partition coefficient (Wildman–Crippen LogP) is 5.42. The van der Waals surface area contributed by atoms with Crippen LogP contribution in [0.4, 0.5) is 0 Å². The molecule has 0 spiro atoms. The van der Waals surface area contributed by atoms with Crippen molar-refractivity contribution in [1.29, 1.82) is 0 Å². The van der Waals surface area contributed by atoms with Crippen molar-refractivity contribution in [2.75, 3.05) is 26.9 Å². The summed E-state index contributed by atoms with van der Waals surface area (Å²) in [5.74, 6) is 1.36. The molecule has 4 rings (SSSR count). The summed E-state index contributed by atoms with van der Waals surface area (Å²) in [5, 5.41) is 9.32. The molecule has 0 aliphatic heterocycles. The van der Waals surface area contributed by atoms with Crippen LogP contribution in [0, 0.1) is 47.3 Å². The molecule has 0 aromatic carbocycles. The van der Waals surface area contributed by atoms with Gasteiger partial charge in [-0.05, 0) is 126 Å². The lowest BCUT2D eigenvalue weighted by atomic mass is 9.75. The third kappa shape index (κ3) is 9.52. The van der Waals surface area contributed by atoms with Gasteiger partial charge in [0.1, 0.15) is 5.78 Å². The maximum atomic E-state index is 12.9. The van der Waals surface area contributed by atoms with Crippen LogP contribution >= 0.6 is 0 Å². The molecule has 4 aliphatic carbocycles. The van der Waals surface area contributed by atoms with Crippen LogP contribution in [0.3, 0.4) is 0 Å². The number of esters is 3. The minimum Gasteiger partial charge on any atom is -0.469 e. The standard InChI is InChI=1S/C33H52O8/c1-39-31(36)27-14-16-29(17-15-27)33(38)41-21-25-8-6-24(7-9-25)20-40-32(37)28-12-10-26(11-13-28)30(35)18-22-2-4-23(19-34)5-3-22/h22-29,34H,2-21H2,1H3. The van der Waals surface area contributed by atoms with Crippen molar-refractivity contribution in [3.05, 3.63) is 0 Å². The molecule has 41 heavy (non-hydrogen) atoms. The first-order valence-corrected chi connectivity index (χ1v) is 16.4. The van der Waals surface area contributed by atoms with E-state index in [1.807, 2.05) is 0 Å². The highest BCUT2D eigenvalue weighted by Gasteiger charge is 2.34. The average Bonchev–Trinajstić information content (AvgIpc) is 3.03. The summed E-state index contributed by atoms with van der Waals surface area (Å²) < 4.78 is 16.2. The van der Waals surface area contributed by atoms with Crippen LogP contribution in [0.25, 0.3) is 0 Å². The minimum atomic E-state index is -0.178. The van der Waals surface area contributed by atoms with Crippen LogP contribution in [0.5, 0.6) is 0 Å². The molecule has 232 valence electrons. The fourth-order valence-electron chi connectivity index (χ4n) is 7.65. The fraction of sp³-hybridized carbons (Fsp3) is 0.879. The van der Waals surface area contributed by atoms with Crippen LogP contribution in [0.1, 0.15) is 109 Å². The van der Waals surface area contributed by atoms with Crippen LogP contribution in [-0.2, 0) is 33.4 Å². The summed E-state index contributed by atoms with van der Waals surface area (Å²) in [5.41, 5.74) is 0. The lowest BCUT2D eigenvalue weighted by Crippen LogP contribution is -2.31. The molecule has 0 unspecified atom stereocenters. The van der Waals surface area contributed by atoms with Gasteiger partial charge in [0, 0.05) is 18.9 Å². The SMILES string of the molecule is COC(=O)C1CCC(C(=O)OCC2CCC(COC(=O)C3CCC(C(=O)CC4CCC(CO)CC4)CC3)CC2)CC1. The number of carbonyl (C=O) groups excluding carboxylic acids is 4. The van der Waals surface area contributed by atoms with E-state index in [1.54, 1.807) is 0 Å². The van der Waals surface area contributed by atoms with Crippen LogP contribution < -0.4 is 0 Å². The van der Waals surface area contributed by atoms with Crippen molar-refractivity contribution in [3.63, 3.8) is 0 Å². The van der Waals surface area contributed by atoms with Gasteiger partial charge in [0.15, 0.2) is 0 Å². The van der Waals surface area contributed by atoms with Gasteiger partial charge in [0.2, 0.25) is 0 Å². The molecule has 0 atom stereocenters. The molecule has 0 aromatic rings. The van der Waals surface area contributed by atoms with Gasteiger partial charge in [-0.1, -0.05) is 0 Å². The Morgan fingerprint density at radius 1 is 0.512 bits per heavy atom. The second-order valence-electron chi connectivity index (χ2n) is 13.5. The van der Waals surface area contributed by atoms with E-state index >= 15 is 0 Å². The van der Waals surface area contributed by atoms with E-state index in [1.165, 1.54) is 7.11 Å². The number of hydrogen-bond acceptors (Lipinski definition) is 8. The molecule has 8 heteroatoms. The monoisotopic (exact) mass is 576 g/mol. The highest BCUT2D eigenvalue weighted by Crippen LogP contribution is 2.36. The first kappa shape index (κ1) is 32.0. The van der Waals surface area contributed by atoms with Gasteiger partial charge in [0.05, 0.1) is 38.1 Å². The molecule has 4 saturated carbocycles. The highest BCUT2D eigenvalue weighted by molar-refractivity contribution is 5.82. The molecule has 0 amide bonds. The van der Waals surface area contributed by atoms with Gasteiger partial charge in [-0.2, -0.15) is 0 Å². The largest absolute Gasteiger partial charge is 0.469 e. The zero-order chi connectivity index (χ0) is 29.2. The van der Waals surface area contributed by atoms with Crippen LogP contribution in [-0.4, -0.2) is 55.7 Å². The quantitative estimate of drug-likeness (QED) is 0.256. The number of carbonyl (C=O) groups is 4. The molecule has 0 saturated heterocycles. The van der Waals surface area contributed by atoms with Crippen LogP contribution in [0.2, 0.25) is 0 Å². The lowest BCUT2D eigenvalue weighted by Gasteiger charge is -2.31. The normalized spacial score (nSPS) is 34.3. The fourth-order valence-corrected chi connectivity index (χ4v) is 7.65. The minimum absolute atomic E-state index is 0.0857. The summed E-state index contributed by atoms with van der Waals surface area (Å²) in [4.78, 5) is 49.8. The summed E-state index contributed by atoms with van der Waals surface area (Å²) in [6, 6.07) is 0. The summed E-state index contributed by atoms with van der Waals surface area (Å²) >= 11 is 0. The van der Waals surface area contributed by atoms with Gasteiger partial charge >= 0.3 is 17.9 Å². The zero-order valence-electron chi connectivity index (χ0n) is 25.1. The molecule has 0 heterocycles. The molecular formula is C33H52O8. The van der Waals surface area contributed by atoms with E-state index in [-0.39, 0.29) is 48.2 Å². The number of ether oxygens (including phenoxy) is 3. The Kier molecular flexibility index (Phi) is 12.5. The van der Waals surface area contributed by atoms with Gasteiger partial charge in [-0.3, -0.25) is 19.2 Å². The third-order valence-electron chi connectivity index (χ3n) is 10.7. The molecule has 0 aromatic heterocycles. The summed E-state index contributed by atoms with van der Waals surface area (Å²) in [6.45, 7) is 1.18. The topological polar surface area (TPSA) is 116 Å². The molecular weight excluding hydrogens is 524 g/mol. The Labute approximate surface area is 245 Å². The van der Waals surface area contributed by atoms with Crippen LogP contribution in [0.15, 0.2) is 0 Å². The first-order chi connectivity index (χ1) is 19.9. The van der Waals surface area contributed by atoms with Gasteiger partial charge in [-0.15, -0.1) is 0 Å². The Bertz CT molecular complexity index is 854. The smallest absolute Gasteiger partial charge is 0.308 e. The molecule has 0 bridgehead atoms. The second kappa shape index (κ2) is 16.0. The number of rotatable bonds is 11. The van der Waals surface area contributed by atoms with Crippen molar-refractivity contribution in [1.82, 2.24) is 0 Å². The van der Waals surface area contributed by atoms with Crippen molar-refractivity contribution < 1.29 is 38.5 Å². The van der Waals surface area contributed by atoms with Crippen molar-refractivity contribution in [2.24, 2.45) is 47.3 Å². The number of Topliss-reactive ketones (excluding diaryl/α,β-unsaturated/α-hetero) is 1. The molecule has 4 fully saturated rings. The third-order valence-corrected chi connectivity index (χ3v) is 10.7. The van der Waals surface area contributed by atoms with Crippen molar-refractivity contribution >= 4 is 23.7 Å². The molecule has 8 nitrogen and oxygen atoms in total. The van der Waals surface area contributed by atoms with E-state index in [4.69, 9.17) is 14.2 Å². The van der Waals surface area contributed by atoms with Gasteiger partial charge < -0.3 is 19.3 Å². The Hall–Kier alpha value is -1.96. The molecule has 4 aliphatic rings. The summed E-state index contributed by atoms with van der Waals surface area (Å²) in [7, 11) is 1.41. The average molecular weight is 577 g/mol. The number of aliphatic hydroxyl groups is 1. The second-order valence-corrected chi connectivity index (χ2v) is 13.5. The number of ketones is 1. The predicted molar refractivity (Wildman–Crippen MR) is 152 cm³/mol. The molecule has 0 radical (unpaired) electrons. The number of aliphatic hydroxyl groups excluding tert-OH is 1. The van der Waals surface area contributed by atoms with E-state index in [0.717, 1.165) is 77.0 Å². The van der Waals surface area contributed by atoms with Crippen molar-refractivity contribution in [2.45, 2.75) is 109 Å². The van der Waals surface area contributed by atoms with E-state index in [0.29, 0.717) is 74.8 Å². The van der Waals surface area contributed by atoms with Crippen molar-refractivity contribution in [3.8, 4) is 0 Å².